The van der Waals surface area contributed by atoms with Gasteiger partial charge in [-0.15, -0.1) is 0 Å². The maximum atomic E-state index is 8.79. The summed E-state index contributed by atoms with van der Waals surface area (Å²) in [7, 11) is 0. The third-order valence-electron chi connectivity index (χ3n) is 2.73. The Labute approximate surface area is 107 Å². The molecule has 2 nitrogen and oxygen atoms in total. The summed E-state index contributed by atoms with van der Waals surface area (Å²) in [5.74, 6) is 0.806. The highest BCUT2D eigenvalue weighted by molar-refractivity contribution is 5.38. The summed E-state index contributed by atoms with van der Waals surface area (Å²) in [5, 5.41) is 8.79. The number of nitriles is 1. The van der Waals surface area contributed by atoms with Crippen LogP contribution in [0, 0.1) is 18.3 Å². The predicted octanol–water partition coefficient (Wildman–Crippen LogP) is 3.64. The molecule has 0 N–H and O–H groups in total. The van der Waals surface area contributed by atoms with Crippen molar-refractivity contribution in [3.05, 3.63) is 65.2 Å². The zero-order valence-electron chi connectivity index (χ0n) is 10.4. The summed E-state index contributed by atoms with van der Waals surface area (Å²) >= 11 is 0. The van der Waals surface area contributed by atoms with Gasteiger partial charge in [-0.2, -0.15) is 5.26 Å². The molecule has 0 atom stereocenters. The highest BCUT2D eigenvalue weighted by Crippen LogP contribution is 2.21. The number of ether oxygens (including phenoxy) is 1. The molecule has 0 radical (unpaired) electrons. The molecule has 0 fully saturated rings. The first-order valence-corrected chi connectivity index (χ1v) is 5.93. The van der Waals surface area contributed by atoms with E-state index in [0.29, 0.717) is 13.0 Å². The van der Waals surface area contributed by atoms with Gasteiger partial charge in [0.2, 0.25) is 0 Å². The first kappa shape index (κ1) is 12.2. The van der Waals surface area contributed by atoms with Crippen LogP contribution in [0.1, 0.15) is 16.7 Å². The molecule has 0 saturated heterocycles. The quantitative estimate of drug-likeness (QED) is 0.813. The second-order valence-corrected chi connectivity index (χ2v) is 4.22. The Hall–Kier alpha value is -2.27. The van der Waals surface area contributed by atoms with E-state index in [1.807, 2.05) is 55.5 Å². The third kappa shape index (κ3) is 3.11. The van der Waals surface area contributed by atoms with Crippen molar-refractivity contribution in [2.24, 2.45) is 0 Å². The van der Waals surface area contributed by atoms with Gasteiger partial charge in [0.1, 0.15) is 12.4 Å². The lowest BCUT2D eigenvalue weighted by molar-refractivity contribution is 0.303. The molecule has 0 aromatic heterocycles. The van der Waals surface area contributed by atoms with Crippen molar-refractivity contribution >= 4 is 0 Å². The normalized spacial score (nSPS) is 9.78. The monoisotopic (exact) mass is 237 g/mol. The molecule has 0 aliphatic carbocycles. The van der Waals surface area contributed by atoms with E-state index >= 15 is 0 Å². The molecule has 0 aliphatic rings. The van der Waals surface area contributed by atoms with E-state index in [1.54, 1.807) is 0 Å². The van der Waals surface area contributed by atoms with Crippen LogP contribution < -0.4 is 4.74 Å². The van der Waals surface area contributed by atoms with Gasteiger partial charge in [0.05, 0.1) is 12.5 Å². The van der Waals surface area contributed by atoms with E-state index in [2.05, 4.69) is 6.07 Å². The standard InChI is InChI=1S/C16H15NO/c1-13-7-8-15(9-10-17)16(11-13)18-12-14-5-3-2-4-6-14/h2-8,11H,9,12H2,1H3. The largest absolute Gasteiger partial charge is 0.489 e. The molecular weight excluding hydrogens is 222 g/mol. The molecule has 0 unspecified atom stereocenters. The van der Waals surface area contributed by atoms with Gasteiger partial charge in [0, 0.05) is 5.56 Å². The highest BCUT2D eigenvalue weighted by atomic mass is 16.5. The molecule has 2 heteroatoms. The Morgan fingerprint density at radius 2 is 1.89 bits per heavy atom. The van der Waals surface area contributed by atoms with Gasteiger partial charge < -0.3 is 4.74 Å². The van der Waals surface area contributed by atoms with Crippen molar-refractivity contribution in [1.29, 1.82) is 5.26 Å². The Morgan fingerprint density at radius 3 is 2.61 bits per heavy atom. The predicted molar refractivity (Wildman–Crippen MR) is 71.3 cm³/mol. The molecular formula is C16H15NO. The molecule has 0 amide bonds. The van der Waals surface area contributed by atoms with Gasteiger partial charge in [-0.1, -0.05) is 42.5 Å². The first-order chi connectivity index (χ1) is 8.79. The van der Waals surface area contributed by atoms with E-state index < -0.39 is 0 Å². The van der Waals surface area contributed by atoms with Gasteiger partial charge in [0.25, 0.3) is 0 Å². The van der Waals surface area contributed by atoms with Crippen LogP contribution in [0.5, 0.6) is 5.75 Å². The summed E-state index contributed by atoms with van der Waals surface area (Å²) < 4.78 is 5.81. The van der Waals surface area contributed by atoms with Gasteiger partial charge in [-0.05, 0) is 24.1 Å². The fourth-order valence-electron chi connectivity index (χ4n) is 1.76. The molecule has 2 aromatic rings. The zero-order chi connectivity index (χ0) is 12.8. The molecule has 0 aliphatic heterocycles. The average molecular weight is 237 g/mol. The SMILES string of the molecule is Cc1ccc(CC#N)c(OCc2ccccc2)c1. The number of rotatable bonds is 4. The van der Waals surface area contributed by atoms with Crippen LogP contribution in [0.2, 0.25) is 0 Å². The van der Waals surface area contributed by atoms with Crippen LogP contribution in [-0.4, -0.2) is 0 Å². The molecule has 90 valence electrons. The Kier molecular flexibility index (Phi) is 3.98. The lowest BCUT2D eigenvalue weighted by Gasteiger charge is -2.10. The molecule has 0 spiro atoms. The van der Waals surface area contributed by atoms with Crippen molar-refractivity contribution in [2.45, 2.75) is 20.0 Å². The van der Waals surface area contributed by atoms with Crippen LogP contribution in [0.15, 0.2) is 48.5 Å². The summed E-state index contributed by atoms with van der Waals surface area (Å²) in [6.07, 6.45) is 0.379. The van der Waals surface area contributed by atoms with Crippen molar-refractivity contribution < 1.29 is 4.74 Å². The van der Waals surface area contributed by atoms with Gasteiger partial charge in [-0.25, -0.2) is 0 Å². The van der Waals surface area contributed by atoms with Crippen molar-refractivity contribution in [2.75, 3.05) is 0 Å². The fraction of sp³-hybridized carbons (Fsp3) is 0.188. The molecule has 18 heavy (non-hydrogen) atoms. The Balaban J connectivity index is 2.13. The third-order valence-corrected chi connectivity index (χ3v) is 2.73. The van der Waals surface area contributed by atoms with E-state index in [0.717, 1.165) is 22.4 Å². The van der Waals surface area contributed by atoms with Gasteiger partial charge in [-0.3, -0.25) is 0 Å². The number of hydrogen-bond donors (Lipinski definition) is 0. The molecule has 2 aromatic carbocycles. The van der Waals surface area contributed by atoms with Crippen LogP contribution in [0.3, 0.4) is 0 Å². The topological polar surface area (TPSA) is 33.0 Å². The van der Waals surface area contributed by atoms with Crippen LogP contribution >= 0.6 is 0 Å². The number of benzene rings is 2. The van der Waals surface area contributed by atoms with E-state index in [4.69, 9.17) is 10.00 Å². The summed E-state index contributed by atoms with van der Waals surface area (Å²) in [6.45, 7) is 2.55. The minimum absolute atomic E-state index is 0.379. The van der Waals surface area contributed by atoms with Crippen molar-refractivity contribution in [3.8, 4) is 11.8 Å². The van der Waals surface area contributed by atoms with Gasteiger partial charge in [0.15, 0.2) is 0 Å². The Morgan fingerprint density at radius 1 is 1.11 bits per heavy atom. The number of aryl methyl sites for hydroxylation is 1. The van der Waals surface area contributed by atoms with E-state index in [-0.39, 0.29) is 0 Å². The lowest BCUT2D eigenvalue weighted by Crippen LogP contribution is -1.98. The molecule has 2 rings (SSSR count). The van der Waals surface area contributed by atoms with E-state index in [1.165, 1.54) is 0 Å². The smallest absolute Gasteiger partial charge is 0.124 e. The van der Waals surface area contributed by atoms with Crippen molar-refractivity contribution in [1.82, 2.24) is 0 Å². The maximum absolute atomic E-state index is 8.79. The molecule has 0 bridgehead atoms. The van der Waals surface area contributed by atoms with Crippen LogP contribution in [0.4, 0.5) is 0 Å². The summed E-state index contributed by atoms with van der Waals surface area (Å²) in [6, 6.07) is 18.1. The lowest BCUT2D eigenvalue weighted by atomic mass is 10.1. The molecule has 0 saturated carbocycles. The maximum Gasteiger partial charge on any atom is 0.124 e. The first-order valence-electron chi connectivity index (χ1n) is 5.93. The second kappa shape index (κ2) is 5.88. The zero-order valence-corrected chi connectivity index (χ0v) is 10.4. The van der Waals surface area contributed by atoms with Crippen molar-refractivity contribution in [3.63, 3.8) is 0 Å². The average Bonchev–Trinajstić information content (AvgIpc) is 2.40. The minimum Gasteiger partial charge on any atom is -0.489 e. The Bertz CT molecular complexity index is 555. The summed E-state index contributed by atoms with van der Waals surface area (Å²) in [5.41, 5.74) is 3.21. The molecule has 0 heterocycles. The van der Waals surface area contributed by atoms with E-state index in [9.17, 15) is 0 Å². The minimum atomic E-state index is 0.379. The van der Waals surface area contributed by atoms with Crippen LogP contribution in [0.25, 0.3) is 0 Å². The highest BCUT2D eigenvalue weighted by Gasteiger charge is 2.04. The number of hydrogen-bond acceptors (Lipinski definition) is 2. The second-order valence-electron chi connectivity index (χ2n) is 4.22. The summed E-state index contributed by atoms with van der Waals surface area (Å²) in [4.78, 5) is 0. The van der Waals surface area contributed by atoms with Gasteiger partial charge >= 0.3 is 0 Å². The fourth-order valence-corrected chi connectivity index (χ4v) is 1.76. The van der Waals surface area contributed by atoms with Crippen LogP contribution in [-0.2, 0) is 13.0 Å². The number of nitrogens with zero attached hydrogens (tertiary/aromatic N) is 1.